The summed E-state index contributed by atoms with van der Waals surface area (Å²) in [5.74, 6) is -0.107. The molecule has 5 nitrogen and oxygen atoms in total. The zero-order valence-corrected chi connectivity index (χ0v) is 22.7. The Kier molecular flexibility index (Phi) is 7.31. The first-order valence-corrected chi connectivity index (χ1v) is 13.9. The van der Waals surface area contributed by atoms with Crippen molar-refractivity contribution >= 4 is 50.7 Å². The maximum atomic E-state index is 13.8. The van der Waals surface area contributed by atoms with Gasteiger partial charge in [-0.3, -0.25) is 4.79 Å². The van der Waals surface area contributed by atoms with Crippen molar-refractivity contribution in [2.24, 2.45) is 5.92 Å². The van der Waals surface area contributed by atoms with Crippen LogP contribution in [-0.2, 0) is 17.6 Å². The van der Waals surface area contributed by atoms with Crippen LogP contribution in [0.5, 0.6) is 0 Å². The molecule has 1 atom stereocenters. The first-order valence-electron chi connectivity index (χ1n) is 12.7. The van der Waals surface area contributed by atoms with Crippen LogP contribution in [0.4, 0.5) is 5.00 Å². The minimum atomic E-state index is -0.384. The molecule has 7 heteroatoms. The molecule has 190 valence electrons. The van der Waals surface area contributed by atoms with E-state index in [2.05, 4.69) is 12.2 Å². The van der Waals surface area contributed by atoms with Gasteiger partial charge in [0.25, 0.3) is 5.91 Å². The molecule has 37 heavy (non-hydrogen) atoms. The number of ether oxygens (including phenoxy) is 1. The van der Waals surface area contributed by atoms with Gasteiger partial charge in [0.15, 0.2) is 0 Å². The number of thiophene rings is 1. The van der Waals surface area contributed by atoms with Gasteiger partial charge in [-0.05, 0) is 68.9 Å². The number of carbonyl (C=O) groups is 2. The molecular formula is C30H29ClN2O3S. The van der Waals surface area contributed by atoms with Crippen LogP contribution in [0, 0.1) is 5.92 Å². The molecule has 5 rings (SSSR count). The number of esters is 1. The standard InChI is InChI=1S/C30H29ClN2O3S/c1-4-18-10-12-21-26(14-18)37-29(27(21)30(35)36-17(2)3)33-28(34)23-16-25(19-8-6-5-7-9-19)32-24-13-11-20(31)15-22(23)24/h5-9,11,13,15-18H,4,10,12,14H2,1-3H3,(H,33,34)/t18-/m0/s1. The van der Waals surface area contributed by atoms with E-state index in [1.165, 1.54) is 11.3 Å². The molecule has 0 radical (unpaired) electrons. The van der Waals surface area contributed by atoms with Crippen molar-refractivity contribution in [3.63, 3.8) is 0 Å². The van der Waals surface area contributed by atoms with Crippen LogP contribution in [0.25, 0.3) is 22.2 Å². The number of aromatic nitrogens is 1. The number of hydrogen-bond donors (Lipinski definition) is 1. The van der Waals surface area contributed by atoms with Gasteiger partial charge in [-0.15, -0.1) is 11.3 Å². The van der Waals surface area contributed by atoms with Crippen LogP contribution in [0.15, 0.2) is 54.6 Å². The third-order valence-corrected chi connectivity index (χ3v) is 8.21. The van der Waals surface area contributed by atoms with E-state index < -0.39 is 0 Å². The molecule has 0 fully saturated rings. The second-order valence-electron chi connectivity index (χ2n) is 9.72. The molecule has 0 aliphatic heterocycles. The summed E-state index contributed by atoms with van der Waals surface area (Å²) in [7, 11) is 0. The molecule has 2 aromatic carbocycles. The highest BCUT2D eigenvalue weighted by Crippen LogP contribution is 2.41. The average Bonchev–Trinajstić information content (AvgIpc) is 3.25. The third kappa shape index (κ3) is 5.27. The van der Waals surface area contributed by atoms with E-state index in [0.29, 0.717) is 43.7 Å². The summed E-state index contributed by atoms with van der Waals surface area (Å²) in [5, 5.41) is 4.79. The number of benzene rings is 2. The van der Waals surface area contributed by atoms with E-state index >= 15 is 0 Å². The number of nitrogens with zero attached hydrogens (tertiary/aromatic N) is 1. The summed E-state index contributed by atoms with van der Waals surface area (Å²) in [4.78, 5) is 32.9. The predicted octanol–water partition coefficient (Wildman–Crippen LogP) is 7.95. The molecule has 1 amide bonds. The van der Waals surface area contributed by atoms with Crippen LogP contribution in [-0.4, -0.2) is 23.0 Å². The van der Waals surface area contributed by atoms with E-state index in [1.54, 1.807) is 18.2 Å². The van der Waals surface area contributed by atoms with Gasteiger partial charge in [-0.2, -0.15) is 0 Å². The Morgan fingerprint density at radius 3 is 2.68 bits per heavy atom. The Morgan fingerprint density at radius 1 is 1.16 bits per heavy atom. The monoisotopic (exact) mass is 532 g/mol. The topological polar surface area (TPSA) is 68.3 Å². The number of amides is 1. The number of nitrogens with one attached hydrogen (secondary N) is 1. The normalized spacial score (nSPS) is 15.0. The highest BCUT2D eigenvalue weighted by Gasteiger charge is 2.31. The van der Waals surface area contributed by atoms with Gasteiger partial charge in [0, 0.05) is 20.8 Å². The molecule has 4 aromatic rings. The second kappa shape index (κ2) is 10.6. The van der Waals surface area contributed by atoms with Crippen LogP contribution in [0.3, 0.4) is 0 Å². The van der Waals surface area contributed by atoms with Gasteiger partial charge in [0.1, 0.15) is 5.00 Å². The zero-order valence-electron chi connectivity index (χ0n) is 21.1. The number of halogens is 1. The van der Waals surface area contributed by atoms with Crippen molar-refractivity contribution in [3.05, 3.63) is 81.2 Å². The van der Waals surface area contributed by atoms with Gasteiger partial charge in [0.05, 0.1) is 28.4 Å². The van der Waals surface area contributed by atoms with Gasteiger partial charge in [-0.1, -0.05) is 55.3 Å². The lowest BCUT2D eigenvalue weighted by Crippen LogP contribution is -2.19. The molecule has 0 saturated heterocycles. The first-order chi connectivity index (χ1) is 17.8. The van der Waals surface area contributed by atoms with E-state index in [1.807, 2.05) is 50.2 Å². The predicted molar refractivity (Wildman–Crippen MR) is 151 cm³/mol. The van der Waals surface area contributed by atoms with Crippen molar-refractivity contribution < 1.29 is 14.3 Å². The fourth-order valence-corrected chi connectivity index (χ4v) is 6.41. The quantitative estimate of drug-likeness (QED) is 0.256. The molecule has 0 bridgehead atoms. The fraction of sp³-hybridized carbons (Fsp3) is 0.300. The van der Waals surface area contributed by atoms with Crippen LogP contribution >= 0.6 is 22.9 Å². The molecule has 1 N–H and O–H groups in total. The molecule has 1 aliphatic carbocycles. The summed E-state index contributed by atoms with van der Waals surface area (Å²) < 4.78 is 5.59. The summed E-state index contributed by atoms with van der Waals surface area (Å²) in [6.45, 7) is 5.87. The van der Waals surface area contributed by atoms with E-state index in [4.69, 9.17) is 21.3 Å². The van der Waals surface area contributed by atoms with Gasteiger partial charge in [-0.25, -0.2) is 9.78 Å². The van der Waals surface area contributed by atoms with Gasteiger partial charge < -0.3 is 10.1 Å². The lowest BCUT2D eigenvalue weighted by molar-refractivity contribution is 0.0378. The molecule has 0 spiro atoms. The van der Waals surface area contributed by atoms with Crippen molar-refractivity contribution in [3.8, 4) is 11.3 Å². The smallest absolute Gasteiger partial charge is 0.341 e. The van der Waals surface area contributed by atoms with Crippen LogP contribution < -0.4 is 5.32 Å². The van der Waals surface area contributed by atoms with E-state index in [-0.39, 0.29) is 18.0 Å². The zero-order chi connectivity index (χ0) is 26.1. The Labute approximate surface area is 225 Å². The van der Waals surface area contributed by atoms with Gasteiger partial charge in [0.2, 0.25) is 0 Å². The maximum Gasteiger partial charge on any atom is 0.341 e. The number of hydrogen-bond acceptors (Lipinski definition) is 5. The second-order valence-corrected chi connectivity index (χ2v) is 11.3. The molecule has 2 aromatic heterocycles. The highest BCUT2D eigenvalue weighted by atomic mass is 35.5. The van der Waals surface area contributed by atoms with Crippen LogP contribution in [0.2, 0.25) is 5.02 Å². The number of fused-ring (bicyclic) bond motifs is 2. The number of anilines is 1. The molecule has 1 aliphatic rings. The molecular weight excluding hydrogens is 504 g/mol. The Balaban J connectivity index is 1.58. The molecule has 0 saturated carbocycles. The van der Waals surface area contributed by atoms with Crippen LogP contribution in [0.1, 0.15) is 64.8 Å². The summed E-state index contributed by atoms with van der Waals surface area (Å²) in [6.07, 6.45) is 3.60. The van der Waals surface area contributed by atoms with Gasteiger partial charge >= 0.3 is 5.97 Å². The number of carbonyl (C=O) groups excluding carboxylic acids is 2. The van der Waals surface area contributed by atoms with E-state index in [9.17, 15) is 9.59 Å². The van der Waals surface area contributed by atoms with Crippen molar-refractivity contribution in [1.82, 2.24) is 4.98 Å². The summed E-state index contributed by atoms with van der Waals surface area (Å²) in [5.41, 5.74) is 4.24. The minimum Gasteiger partial charge on any atom is -0.459 e. The average molecular weight is 533 g/mol. The Hall–Kier alpha value is -3.22. The number of rotatable bonds is 6. The lowest BCUT2D eigenvalue weighted by Gasteiger charge is -2.21. The number of pyridine rings is 1. The SMILES string of the molecule is CC[C@H]1CCc2c(sc(NC(=O)c3cc(-c4ccccc4)nc4ccc(Cl)cc34)c2C(=O)OC(C)C)C1. The Bertz CT molecular complexity index is 1480. The van der Waals surface area contributed by atoms with E-state index in [0.717, 1.165) is 41.7 Å². The first kappa shape index (κ1) is 25.4. The molecule has 0 unspecified atom stereocenters. The largest absolute Gasteiger partial charge is 0.459 e. The third-order valence-electron chi connectivity index (χ3n) is 6.80. The van der Waals surface area contributed by atoms with Crippen molar-refractivity contribution in [2.75, 3.05) is 5.32 Å². The minimum absolute atomic E-state index is 0.252. The van der Waals surface area contributed by atoms with Crippen molar-refractivity contribution in [2.45, 2.75) is 52.6 Å². The molecule has 2 heterocycles. The summed E-state index contributed by atoms with van der Waals surface area (Å²) >= 11 is 7.80. The Morgan fingerprint density at radius 2 is 1.95 bits per heavy atom. The fourth-order valence-electron chi connectivity index (χ4n) is 4.89. The summed E-state index contributed by atoms with van der Waals surface area (Å²) in [6, 6.07) is 16.9. The van der Waals surface area contributed by atoms with Crippen molar-refractivity contribution in [1.29, 1.82) is 0 Å². The lowest BCUT2D eigenvalue weighted by atomic mass is 9.85. The maximum absolute atomic E-state index is 13.8. The highest BCUT2D eigenvalue weighted by molar-refractivity contribution is 7.17.